The maximum Gasteiger partial charge on any atom is 0.449 e. The molecule has 1 unspecified atom stereocenters. The van der Waals surface area contributed by atoms with Crippen LogP contribution in [0.2, 0.25) is 0 Å². The highest BCUT2D eigenvalue weighted by atomic mass is 19.4. The zero-order chi connectivity index (χ0) is 20.5. The topological polar surface area (TPSA) is 61.2 Å². The largest absolute Gasteiger partial charge is 0.453 e. The monoisotopic (exact) mass is 394 g/mol. The molecule has 0 saturated heterocycles. The van der Waals surface area contributed by atoms with Gasteiger partial charge in [0.2, 0.25) is 11.6 Å². The summed E-state index contributed by atoms with van der Waals surface area (Å²) in [5.41, 5.74) is 0.313. The highest BCUT2D eigenvalue weighted by Crippen LogP contribution is 2.31. The number of hydrogen-bond acceptors (Lipinski definition) is 4. The van der Waals surface area contributed by atoms with E-state index in [-0.39, 0.29) is 16.6 Å². The Kier molecular flexibility index (Phi) is 5.17. The molecule has 1 aromatic heterocycles. The fourth-order valence-corrected chi connectivity index (χ4v) is 2.72. The second-order valence-electron chi connectivity index (χ2n) is 6.01. The van der Waals surface area contributed by atoms with Crippen LogP contribution in [0.4, 0.5) is 17.6 Å². The Bertz CT molecular complexity index is 1030. The number of fused-ring (bicyclic) bond motifs is 1. The van der Waals surface area contributed by atoms with Gasteiger partial charge in [0.05, 0.1) is 11.0 Å². The number of alkyl halides is 3. The molecule has 28 heavy (non-hydrogen) atoms. The van der Waals surface area contributed by atoms with Crippen LogP contribution in [-0.2, 0) is 22.3 Å². The summed E-state index contributed by atoms with van der Waals surface area (Å²) >= 11 is 0. The van der Waals surface area contributed by atoms with Gasteiger partial charge in [-0.2, -0.15) is 13.2 Å². The smallest absolute Gasteiger partial charge is 0.449 e. The first-order valence-corrected chi connectivity index (χ1v) is 8.18. The third kappa shape index (κ3) is 4.03. The Morgan fingerprint density at radius 3 is 2.39 bits per heavy atom. The van der Waals surface area contributed by atoms with E-state index in [1.165, 1.54) is 43.3 Å². The molecular formula is C19H14F4N2O3. The zero-order valence-corrected chi connectivity index (χ0v) is 14.5. The molecule has 0 amide bonds. The van der Waals surface area contributed by atoms with Gasteiger partial charge in [0.1, 0.15) is 12.4 Å². The lowest BCUT2D eigenvalue weighted by molar-refractivity contribution is -0.152. The summed E-state index contributed by atoms with van der Waals surface area (Å²) in [5, 5.41) is 0. The van der Waals surface area contributed by atoms with Crippen molar-refractivity contribution in [1.82, 2.24) is 9.55 Å². The first kappa shape index (κ1) is 19.5. The molecule has 0 aliphatic rings. The molecule has 0 radical (unpaired) electrons. The minimum Gasteiger partial charge on any atom is -0.453 e. The summed E-state index contributed by atoms with van der Waals surface area (Å²) in [7, 11) is 0. The van der Waals surface area contributed by atoms with Gasteiger partial charge in [0, 0.05) is 5.56 Å². The van der Waals surface area contributed by atoms with Crippen LogP contribution in [0.25, 0.3) is 11.0 Å². The van der Waals surface area contributed by atoms with Crippen molar-refractivity contribution >= 4 is 22.8 Å². The fraction of sp³-hybridized carbons (Fsp3) is 0.211. The van der Waals surface area contributed by atoms with Crippen LogP contribution >= 0.6 is 0 Å². The average molecular weight is 394 g/mol. The quantitative estimate of drug-likeness (QED) is 0.373. The van der Waals surface area contributed by atoms with Gasteiger partial charge in [0.25, 0.3) is 0 Å². The van der Waals surface area contributed by atoms with Gasteiger partial charge in [-0.1, -0.05) is 12.1 Å². The van der Waals surface area contributed by atoms with E-state index in [9.17, 15) is 27.2 Å². The van der Waals surface area contributed by atoms with Gasteiger partial charge < -0.3 is 9.30 Å². The number of ketones is 1. The molecule has 0 bridgehead atoms. The van der Waals surface area contributed by atoms with Crippen molar-refractivity contribution in [3.05, 3.63) is 65.7 Å². The van der Waals surface area contributed by atoms with E-state index in [2.05, 4.69) is 4.98 Å². The van der Waals surface area contributed by atoms with Crippen LogP contribution in [0.5, 0.6) is 0 Å². The van der Waals surface area contributed by atoms with Gasteiger partial charge >= 0.3 is 12.1 Å². The van der Waals surface area contributed by atoms with Crippen LogP contribution < -0.4 is 0 Å². The number of carbonyl (C=O) groups is 2. The van der Waals surface area contributed by atoms with Crippen molar-refractivity contribution in [2.45, 2.75) is 25.7 Å². The van der Waals surface area contributed by atoms with E-state index in [1.807, 2.05) is 0 Å². The maximum absolute atomic E-state index is 13.3. The minimum atomic E-state index is -4.77. The van der Waals surface area contributed by atoms with Gasteiger partial charge in [-0.25, -0.2) is 9.37 Å². The van der Waals surface area contributed by atoms with E-state index in [0.717, 1.165) is 12.1 Å². The first-order valence-electron chi connectivity index (χ1n) is 8.18. The molecule has 5 nitrogen and oxygen atoms in total. The molecule has 1 heterocycles. The average Bonchev–Trinajstić information content (AvgIpc) is 3.00. The first-order chi connectivity index (χ1) is 13.2. The highest BCUT2D eigenvalue weighted by Gasteiger charge is 2.38. The molecule has 0 aliphatic heterocycles. The normalized spacial score (nSPS) is 12.8. The van der Waals surface area contributed by atoms with E-state index >= 15 is 0 Å². The number of Topliss-reactive ketones (excluding diaryl/α,β-unsaturated/α-hetero) is 1. The van der Waals surface area contributed by atoms with Crippen molar-refractivity contribution in [3.63, 3.8) is 0 Å². The number of aromatic nitrogens is 2. The molecule has 146 valence electrons. The van der Waals surface area contributed by atoms with Crippen molar-refractivity contribution in [2.24, 2.45) is 0 Å². The summed E-state index contributed by atoms with van der Waals surface area (Å²) in [6.07, 6.45) is -6.02. The van der Waals surface area contributed by atoms with Crippen LogP contribution in [-0.4, -0.2) is 27.4 Å². The number of ether oxygens (including phenoxy) is 1. The molecule has 0 spiro atoms. The maximum atomic E-state index is 13.3. The van der Waals surface area contributed by atoms with Gasteiger partial charge in [-0.15, -0.1) is 0 Å². The Balaban J connectivity index is 1.79. The summed E-state index contributed by atoms with van der Waals surface area (Å²) in [6.45, 7) is 0.524. The second-order valence-corrected chi connectivity index (χ2v) is 6.01. The third-order valence-corrected chi connectivity index (χ3v) is 4.00. The summed E-state index contributed by atoms with van der Waals surface area (Å²) in [6, 6.07) is 10.5. The molecule has 3 rings (SSSR count). The number of esters is 1. The van der Waals surface area contributed by atoms with Crippen LogP contribution in [0, 0.1) is 5.82 Å². The number of nitrogens with zero attached hydrogens (tertiary/aromatic N) is 2. The number of benzene rings is 2. The molecule has 9 heteroatoms. The Hall–Kier alpha value is -3.23. The number of para-hydroxylation sites is 2. The van der Waals surface area contributed by atoms with Crippen molar-refractivity contribution in [1.29, 1.82) is 0 Å². The number of hydrogen-bond donors (Lipinski definition) is 0. The highest BCUT2D eigenvalue weighted by molar-refractivity contribution is 6.00. The van der Waals surface area contributed by atoms with Crippen LogP contribution in [0.15, 0.2) is 48.5 Å². The summed E-state index contributed by atoms with van der Waals surface area (Å²) in [5.74, 6) is -3.40. The predicted molar refractivity (Wildman–Crippen MR) is 91.0 cm³/mol. The van der Waals surface area contributed by atoms with Crippen molar-refractivity contribution in [2.75, 3.05) is 0 Å². The van der Waals surface area contributed by atoms with Gasteiger partial charge in [-0.05, 0) is 43.3 Å². The summed E-state index contributed by atoms with van der Waals surface area (Å²) < 4.78 is 58.4. The lowest BCUT2D eigenvalue weighted by atomic mass is 10.1. The van der Waals surface area contributed by atoms with Gasteiger partial charge in [-0.3, -0.25) is 9.59 Å². The third-order valence-electron chi connectivity index (χ3n) is 4.00. The number of halogens is 4. The SMILES string of the molecule is CC(OC(=O)Cn1c(C(F)(F)F)nc2ccccc21)C(=O)c1ccc(F)cc1. The fourth-order valence-electron chi connectivity index (χ4n) is 2.72. The minimum absolute atomic E-state index is 0.0815. The Morgan fingerprint density at radius 1 is 1.11 bits per heavy atom. The predicted octanol–water partition coefficient (Wildman–Crippen LogP) is 4.01. The molecule has 0 fully saturated rings. The summed E-state index contributed by atoms with van der Waals surface area (Å²) in [4.78, 5) is 28.0. The van der Waals surface area contributed by atoms with Crippen molar-refractivity contribution in [3.8, 4) is 0 Å². The van der Waals surface area contributed by atoms with E-state index in [1.54, 1.807) is 0 Å². The van der Waals surface area contributed by atoms with Crippen molar-refractivity contribution < 1.29 is 31.9 Å². The molecule has 2 aromatic carbocycles. The number of rotatable bonds is 5. The van der Waals surface area contributed by atoms with E-state index in [4.69, 9.17) is 4.74 Å². The van der Waals surface area contributed by atoms with Crippen LogP contribution in [0.1, 0.15) is 23.1 Å². The zero-order valence-electron chi connectivity index (χ0n) is 14.5. The standard InChI is InChI=1S/C19H14F4N2O3/c1-11(17(27)12-6-8-13(20)9-7-12)28-16(26)10-25-15-5-3-2-4-14(15)24-18(25)19(21,22)23/h2-9,11H,10H2,1H3. The second kappa shape index (κ2) is 7.41. The Labute approximate surface area is 156 Å². The lowest BCUT2D eigenvalue weighted by Crippen LogP contribution is -2.27. The number of imidazole rings is 1. The number of carbonyl (C=O) groups excluding carboxylic acids is 2. The molecule has 3 aromatic rings. The lowest BCUT2D eigenvalue weighted by Gasteiger charge is -2.15. The molecule has 0 saturated carbocycles. The molecule has 0 N–H and O–H groups in total. The van der Waals surface area contributed by atoms with Gasteiger partial charge in [0.15, 0.2) is 6.10 Å². The van der Waals surface area contributed by atoms with E-state index in [0.29, 0.717) is 4.57 Å². The Morgan fingerprint density at radius 2 is 1.75 bits per heavy atom. The molecular weight excluding hydrogens is 380 g/mol. The van der Waals surface area contributed by atoms with Crippen LogP contribution in [0.3, 0.4) is 0 Å². The molecule has 0 aliphatic carbocycles. The molecule has 1 atom stereocenters. The van der Waals surface area contributed by atoms with E-state index < -0.39 is 42.2 Å².